The maximum absolute atomic E-state index is 12.5. The van der Waals surface area contributed by atoms with Gasteiger partial charge in [0.2, 0.25) is 0 Å². The molecule has 0 saturated heterocycles. The average Bonchev–Trinajstić information content (AvgIpc) is 3.11. The minimum absolute atomic E-state index is 0.0181. The number of carbonyl (C=O) groups excluding carboxylic acids is 2. The average molecular weight is 730 g/mol. The molecule has 0 aliphatic rings. The first-order valence-electron chi connectivity index (χ1n) is 18.4. The first-order valence-corrected chi connectivity index (χ1v) is 19.9. The highest BCUT2D eigenvalue weighted by Crippen LogP contribution is 2.43. The third-order valence-electron chi connectivity index (χ3n) is 6.69. The highest BCUT2D eigenvalue weighted by atomic mass is 31.2. The summed E-state index contributed by atoms with van der Waals surface area (Å²) >= 11 is 0. The number of allylic oxidation sites excluding steroid dienone is 17. The molecule has 0 amide bonds. The molecule has 0 aliphatic heterocycles. The number of hydrogen-bond acceptors (Lipinski definition) is 8. The number of phosphoric ester groups is 1. The van der Waals surface area contributed by atoms with Gasteiger partial charge >= 0.3 is 19.8 Å². The first kappa shape index (κ1) is 47.7. The molecule has 3 N–H and O–H groups in total. The summed E-state index contributed by atoms with van der Waals surface area (Å²) in [6, 6.07) is 0. The topological polar surface area (TPSA) is 134 Å². The molecule has 0 aromatic rings. The molecule has 0 heterocycles. The Balaban J connectivity index is 4.49. The van der Waals surface area contributed by atoms with Crippen molar-refractivity contribution in [3.63, 3.8) is 0 Å². The number of esters is 2. The van der Waals surface area contributed by atoms with Gasteiger partial charge in [-0.25, -0.2) is 4.57 Å². The van der Waals surface area contributed by atoms with Crippen molar-refractivity contribution in [1.82, 2.24) is 0 Å². The number of phosphoric acid groups is 1. The van der Waals surface area contributed by atoms with E-state index in [9.17, 15) is 19.0 Å². The van der Waals surface area contributed by atoms with Gasteiger partial charge in [-0.2, -0.15) is 0 Å². The van der Waals surface area contributed by atoms with Crippen molar-refractivity contribution < 1.29 is 37.6 Å². The van der Waals surface area contributed by atoms with Crippen molar-refractivity contribution in [3.8, 4) is 0 Å². The Kier molecular flexibility index (Phi) is 34.1. The van der Waals surface area contributed by atoms with Crippen LogP contribution >= 0.6 is 7.82 Å². The number of nitrogens with two attached hydrogens (primary N) is 1. The monoisotopic (exact) mass is 729 g/mol. The fourth-order valence-electron chi connectivity index (χ4n) is 4.05. The van der Waals surface area contributed by atoms with Crippen LogP contribution in [-0.4, -0.2) is 49.3 Å². The van der Waals surface area contributed by atoms with Crippen LogP contribution in [0.5, 0.6) is 0 Å². The second-order valence-electron chi connectivity index (χ2n) is 11.3. The summed E-state index contributed by atoms with van der Waals surface area (Å²) in [4.78, 5) is 34.6. The summed E-state index contributed by atoms with van der Waals surface area (Å²) in [5.41, 5.74) is 5.32. The lowest BCUT2D eigenvalue weighted by Crippen LogP contribution is -2.29. The summed E-state index contributed by atoms with van der Waals surface area (Å²) in [5, 5.41) is 0. The fraction of sp³-hybridized carbons (Fsp3) is 0.512. The zero-order valence-corrected chi connectivity index (χ0v) is 31.9. The lowest BCUT2D eigenvalue weighted by Gasteiger charge is -2.19. The Hall–Kier alpha value is -3.33. The molecule has 9 nitrogen and oxygen atoms in total. The number of unbranched alkanes of at least 4 members (excludes halogenated alkanes) is 2. The van der Waals surface area contributed by atoms with Crippen LogP contribution in [0.4, 0.5) is 0 Å². The number of hydrogen-bond donors (Lipinski definition) is 2. The molecular formula is C41H64NO8P. The van der Waals surface area contributed by atoms with E-state index < -0.39 is 32.5 Å². The predicted molar refractivity (Wildman–Crippen MR) is 210 cm³/mol. The van der Waals surface area contributed by atoms with Gasteiger partial charge in [-0.05, 0) is 77.0 Å². The Morgan fingerprint density at radius 1 is 0.608 bits per heavy atom. The highest BCUT2D eigenvalue weighted by molar-refractivity contribution is 7.47. The van der Waals surface area contributed by atoms with Gasteiger partial charge in [-0.3, -0.25) is 18.6 Å². The molecule has 0 rings (SSSR count). The van der Waals surface area contributed by atoms with Crippen molar-refractivity contribution in [2.75, 3.05) is 26.4 Å². The molecule has 2 unspecified atom stereocenters. The largest absolute Gasteiger partial charge is 0.472 e. The van der Waals surface area contributed by atoms with Crippen molar-refractivity contribution in [2.24, 2.45) is 5.73 Å². The van der Waals surface area contributed by atoms with Crippen molar-refractivity contribution in [3.05, 3.63) is 109 Å². The van der Waals surface area contributed by atoms with E-state index in [2.05, 4.69) is 105 Å². The quantitative estimate of drug-likeness (QED) is 0.0300. The van der Waals surface area contributed by atoms with E-state index in [1.807, 2.05) is 12.2 Å². The molecule has 286 valence electrons. The third kappa shape index (κ3) is 36.3. The van der Waals surface area contributed by atoms with E-state index in [0.29, 0.717) is 12.8 Å². The van der Waals surface area contributed by atoms with Gasteiger partial charge < -0.3 is 20.1 Å². The van der Waals surface area contributed by atoms with E-state index >= 15 is 0 Å². The molecule has 2 atom stereocenters. The Morgan fingerprint density at radius 2 is 1.06 bits per heavy atom. The zero-order chi connectivity index (χ0) is 37.5. The minimum Gasteiger partial charge on any atom is -0.462 e. The van der Waals surface area contributed by atoms with Gasteiger partial charge in [-0.15, -0.1) is 0 Å². The maximum Gasteiger partial charge on any atom is 0.472 e. The van der Waals surface area contributed by atoms with Gasteiger partial charge in [0.1, 0.15) is 6.61 Å². The second kappa shape index (κ2) is 36.5. The van der Waals surface area contributed by atoms with Crippen LogP contribution in [0.2, 0.25) is 0 Å². The summed E-state index contributed by atoms with van der Waals surface area (Å²) in [6.07, 6.45) is 47.3. The van der Waals surface area contributed by atoms with Crippen LogP contribution in [-0.2, 0) is 32.7 Å². The number of carbonyl (C=O) groups is 2. The summed E-state index contributed by atoms with van der Waals surface area (Å²) in [5.74, 6) is -1.04. The first-order chi connectivity index (χ1) is 24.8. The van der Waals surface area contributed by atoms with Crippen molar-refractivity contribution >= 4 is 19.8 Å². The smallest absolute Gasteiger partial charge is 0.462 e. The molecule has 0 fully saturated rings. The van der Waals surface area contributed by atoms with Crippen molar-refractivity contribution in [1.29, 1.82) is 0 Å². The molecule has 51 heavy (non-hydrogen) atoms. The predicted octanol–water partition coefficient (Wildman–Crippen LogP) is 10.0. The van der Waals surface area contributed by atoms with E-state index in [1.54, 1.807) is 6.08 Å². The Bertz CT molecular complexity index is 1200. The van der Waals surface area contributed by atoms with Crippen LogP contribution < -0.4 is 5.73 Å². The van der Waals surface area contributed by atoms with E-state index in [0.717, 1.165) is 64.2 Å². The van der Waals surface area contributed by atoms with Gasteiger partial charge in [0.05, 0.1) is 19.6 Å². The third-order valence-corrected chi connectivity index (χ3v) is 7.67. The maximum atomic E-state index is 12.5. The second-order valence-corrected chi connectivity index (χ2v) is 12.8. The van der Waals surface area contributed by atoms with Crippen LogP contribution in [0.15, 0.2) is 109 Å². The van der Waals surface area contributed by atoms with Crippen LogP contribution in [0.3, 0.4) is 0 Å². The lowest BCUT2D eigenvalue weighted by molar-refractivity contribution is -0.160. The molecule has 0 spiro atoms. The van der Waals surface area contributed by atoms with Crippen LogP contribution in [0.1, 0.15) is 104 Å². The lowest BCUT2D eigenvalue weighted by atomic mass is 10.2. The minimum atomic E-state index is -4.41. The normalized spacial score (nSPS) is 14.7. The zero-order valence-electron chi connectivity index (χ0n) is 31.0. The number of ether oxygens (including phenoxy) is 2. The van der Waals surface area contributed by atoms with E-state index in [4.69, 9.17) is 24.3 Å². The molecule has 10 heteroatoms. The van der Waals surface area contributed by atoms with Gasteiger partial charge in [0.25, 0.3) is 0 Å². The Morgan fingerprint density at radius 3 is 1.53 bits per heavy atom. The summed E-state index contributed by atoms with van der Waals surface area (Å²) < 4.78 is 32.4. The Labute approximate surface area is 308 Å². The SMILES string of the molecule is CC/C=C\C/C=C\C/C=C\C/C=C\C/C=C\CC(=O)OC(COC(=O)CCCC/C=C\C/C=C\C/C=C\C/C=C\CC)COP(=O)(O)OCCN. The molecule has 0 aromatic heterocycles. The standard InChI is InChI=1S/C41H64NO8P/c1-3-5-7-9-11-13-15-17-19-21-23-25-27-29-31-33-40(43)47-37-39(38-49-51(45,46)48-36-35-42)50-41(44)34-32-30-28-26-24-22-20-18-16-14-12-10-8-6-4-2/h5-8,11-14,17-20,23-26,30,32,39H,3-4,9-10,15-16,21-22,27-29,31,33-38,42H2,1-2H3,(H,45,46)/b7-5-,8-6-,13-11-,14-12-,19-17-,20-18-,25-23-,26-24-,32-30-. The summed E-state index contributed by atoms with van der Waals surface area (Å²) in [7, 11) is -4.41. The van der Waals surface area contributed by atoms with Gasteiger partial charge in [0.15, 0.2) is 6.10 Å². The van der Waals surface area contributed by atoms with Gasteiger partial charge in [0, 0.05) is 13.0 Å². The van der Waals surface area contributed by atoms with Gasteiger partial charge in [-0.1, -0.05) is 123 Å². The molecular weight excluding hydrogens is 665 g/mol. The molecule has 0 aromatic carbocycles. The van der Waals surface area contributed by atoms with E-state index in [-0.39, 0.29) is 32.6 Å². The molecule has 0 bridgehead atoms. The number of rotatable bonds is 32. The fourth-order valence-corrected chi connectivity index (χ4v) is 4.82. The summed E-state index contributed by atoms with van der Waals surface area (Å²) in [6.45, 7) is 3.29. The van der Waals surface area contributed by atoms with Crippen molar-refractivity contribution in [2.45, 2.75) is 110 Å². The molecule has 0 saturated carbocycles. The van der Waals surface area contributed by atoms with E-state index in [1.165, 1.54) is 0 Å². The molecule has 0 radical (unpaired) electrons. The molecule has 0 aliphatic carbocycles. The van der Waals surface area contributed by atoms with Crippen LogP contribution in [0.25, 0.3) is 0 Å². The highest BCUT2D eigenvalue weighted by Gasteiger charge is 2.25. The van der Waals surface area contributed by atoms with Crippen LogP contribution in [0, 0.1) is 0 Å².